The molecule has 0 spiro atoms. The van der Waals surface area contributed by atoms with E-state index in [4.69, 9.17) is 9.47 Å². The van der Waals surface area contributed by atoms with Crippen LogP contribution in [-0.2, 0) is 12.8 Å². The van der Waals surface area contributed by atoms with Crippen molar-refractivity contribution < 1.29 is 9.47 Å². The molecule has 0 aliphatic rings. The van der Waals surface area contributed by atoms with Gasteiger partial charge in [-0.05, 0) is 72.5 Å². The van der Waals surface area contributed by atoms with Gasteiger partial charge in [-0.2, -0.15) is 0 Å². The van der Waals surface area contributed by atoms with Crippen LogP contribution in [0, 0.1) is 0 Å². The highest BCUT2D eigenvalue weighted by Gasteiger charge is 2.04. The minimum Gasteiger partial charge on any atom is -0.497 e. The maximum Gasteiger partial charge on any atom is 0.118 e. The fourth-order valence-electron chi connectivity index (χ4n) is 3.69. The zero-order valence-corrected chi connectivity index (χ0v) is 18.6. The van der Waals surface area contributed by atoms with Gasteiger partial charge in [0.25, 0.3) is 0 Å². The van der Waals surface area contributed by atoms with E-state index in [1.165, 1.54) is 11.1 Å². The normalized spacial score (nSPS) is 10.7. The molecule has 1 heterocycles. The van der Waals surface area contributed by atoms with Crippen LogP contribution in [-0.4, -0.2) is 32.3 Å². The summed E-state index contributed by atoms with van der Waals surface area (Å²) in [6, 6.07) is 24.8. The van der Waals surface area contributed by atoms with Crippen LogP contribution >= 0.6 is 0 Å². The average molecular weight is 428 g/mol. The molecule has 5 heteroatoms. The van der Waals surface area contributed by atoms with Crippen molar-refractivity contribution in [2.24, 2.45) is 0 Å². The Labute approximate surface area is 189 Å². The van der Waals surface area contributed by atoms with Crippen LogP contribution in [0.2, 0.25) is 0 Å². The van der Waals surface area contributed by atoms with Gasteiger partial charge in [0.05, 0.1) is 19.7 Å². The summed E-state index contributed by atoms with van der Waals surface area (Å²) < 4.78 is 10.4. The summed E-state index contributed by atoms with van der Waals surface area (Å²) in [5.41, 5.74) is 5.72. The Morgan fingerprint density at radius 1 is 0.688 bits per heavy atom. The van der Waals surface area contributed by atoms with Crippen LogP contribution in [0.15, 0.2) is 79.0 Å². The molecule has 3 aromatic carbocycles. The lowest BCUT2D eigenvalue weighted by molar-refractivity contribution is 0.414. The molecule has 0 radical (unpaired) electrons. The highest BCUT2D eigenvalue weighted by atomic mass is 16.5. The third-order valence-corrected chi connectivity index (χ3v) is 5.53. The predicted molar refractivity (Wildman–Crippen MR) is 132 cm³/mol. The lowest BCUT2D eigenvalue weighted by Crippen LogP contribution is -2.06. The monoisotopic (exact) mass is 427 g/mol. The molecule has 2 N–H and O–H groups in total. The number of methoxy groups -OCH3 is 2. The summed E-state index contributed by atoms with van der Waals surface area (Å²) in [7, 11) is 3.37. The Morgan fingerprint density at radius 3 is 1.88 bits per heavy atom. The van der Waals surface area contributed by atoms with Gasteiger partial charge in [-0.25, -0.2) is 0 Å². The summed E-state index contributed by atoms with van der Waals surface area (Å²) in [6.45, 7) is 1.71. The van der Waals surface area contributed by atoms with E-state index in [1.54, 1.807) is 14.2 Å². The summed E-state index contributed by atoms with van der Waals surface area (Å²) in [6.07, 6.45) is 3.75. The lowest BCUT2D eigenvalue weighted by atomic mass is 10.1. The maximum absolute atomic E-state index is 5.22. The largest absolute Gasteiger partial charge is 0.497 e. The Kier molecular flexibility index (Phi) is 7.08. The van der Waals surface area contributed by atoms with E-state index in [0.717, 1.165) is 59.7 Å². The molecule has 0 saturated carbocycles. The first-order chi connectivity index (χ1) is 15.7. The Bertz CT molecular complexity index is 1140. The second-order valence-electron chi connectivity index (χ2n) is 7.64. The van der Waals surface area contributed by atoms with Crippen LogP contribution in [0.4, 0.5) is 11.4 Å². The molecule has 4 rings (SSSR count). The SMILES string of the molecule is COc1ccc(CCNc2ccc3c(NCCc4ccc(OC)cc4)ccnc3c2)cc1. The van der Waals surface area contributed by atoms with E-state index < -0.39 is 0 Å². The van der Waals surface area contributed by atoms with Crippen molar-refractivity contribution in [1.29, 1.82) is 0 Å². The number of anilines is 2. The standard InChI is InChI=1S/C27H29N3O2/c1-31-23-8-3-20(4-9-23)13-16-28-22-7-12-25-26(15-18-30-27(25)19-22)29-17-14-21-5-10-24(32-2)11-6-21/h3-12,15,18-19,28H,13-14,16-17H2,1-2H3,(H,29,30). The van der Waals surface area contributed by atoms with E-state index in [0.29, 0.717) is 0 Å². The highest BCUT2D eigenvalue weighted by Crippen LogP contribution is 2.24. The van der Waals surface area contributed by atoms with Crippen molar-refractivity contribution in [3.8, 4) is 11.5 Å². The van der Waals surface area contributed by atoms with E-state index in [1.807, 2.05) is 36.5 Å². The van der Waals surface area contributed by atoms with Gasteiger partial charge < -0.3 is 20.1 Å². The number of nitrogens with one attached hydrogen (secondary N) is 2. The van der Waals surface area contributed by atoms with Gasteiger partial charge in [-0.15, -0.1) is 0 Å². The predicted octanol–water partition coefficient (Wildman–Crippen LogP) is 5.56. The van der Waals surface area contributed by atoms with Gasteiger partial charge in [0, 0.05) is 36.0 Å². The minimum absolute atomic E-state index is 0.854. The topological polar surface area (TPSA) is 55.4 Å². The maximum atomic E-state index is 5.22. The fraction of sp³-hybridized carbons (Fsp3) is 0.222. The first-order valence-corrected chi connectivity index (χ1v) is 10.9. The fourth-order valence-corrected chi connectivity index (χ4v) is 3.69. The minimum atomic E-state index is 0.854. The molecule has 0 fully saturated rings. The van der Waals surface area contributed by atoms with Crippen molar-refractivity contribution in [1.82, 2.24) is 4.98 Å². The number of pyridine rings is 1. The number of rotatable bonds is 10. The van der Waals surface area contributed by atoms with Gasteiger partial charge in [-0.3, -0.25) is 4.98 Å². The number of fused-ring (bicyclic) bond motifs is 1. The van der Waals surface area contributed by atoms with E-state index >= 15 is 0 Å². The number of ether oxygens (including phenoxy) is 2. The summed E-state index contributed by atoms with van der Waals surface area (Å²) in [5.74, 6) is 1.77. The van der Waals surface area contributed by atoms with Crippen LogP contribution in [0.1, 0.15) is 11.1 Å². The van der Waals surface area contributed by atoms with E-state index in [9.17, 15) is 0 Å². The number of nitrogens with zero attached hydrogens (tertiary/aromatic N) is 1. The smallest absolute Gasteiger partial charge is 0.118 e. The third kappa shape index (κ3) is 5.49. The Balaban J connectivity index is 1.33. The molecule has 0 atom stereocenters. The number of aromatic nitrogens is 1. The van der Waals surface area contributed by atoms with Gasteiger partial charge in [0.2, 0.25) is 0 Å². The molecule has 0 saturated heterocycles. The van der Waals surface area contributed by atoms with Crippen molar-refractivity contribution in [3.63, 3.8) is 0 Å². The van der Waals surface area contributed by atoms with Crippen molar-refractivity contribution in [2.75, 3.05) is 37.9 Å². The second-order valence-corrected chi connectivity index (χ2v) is 7.64. The number of benzene rings is 3. The average Bonchev–Trinajstić information content (AvgIpc) is 2.85. The van der Waals surface area contributed by atoms with Gasteiger partial charge in [0.1, 0.15) is 11.5 Å². The molecule has 0 unspecified atom stereocenters. The summed E-state index contributed by atoms with van der Waals surface area (Å²) >= 11 is 0. The summed E-state index contributed by atoms with van der Waals surface area (Å²) in [5, 5.41) is 8.19. The molecule has 4 aromatic rings. The van der Waals surface area contributed by atoms with Crippen molar-refractivity contribution >= 4 is 22.3 Å². The zero-order valence-electron chi connectivity index (χ0n) is 18.6. The molecule has 164 valence electrons. The van der Waals surface area contributed by atoms with Gasteiger partial charge >= 0.3 is 0 Å². The molecular formula is C27H29N3O2. The first kappa shape index (κ1) is 21.5. The molecule has 0 bridgehead atoms. The van der Waals surface area contributed by atoms with Crippen LogP contribution < -0.4 is 20.1 Å². The van der Waals surface area contributed by atoms with Crippen molar-refractivity contribution in [2.45, 2.75) is 12.8 Å². The lowest BCUT2D eigenvalue weighted by Gasteiger charge is -2.12. The highest BCUT2D eigenvalue weighted by molar-refractivity contribution is 5.92. The molecule has 0 aliphatic carbocycles. The number of hydrogen-bond acceptors (Lipinski definition) is 5. The second kappa shape index (κ2) is 10.5. The Morgan fingerprint density at radius 2 is 1.28 bits per heavy atom. The van der Waals surface area contributed by atoms with Gasteiger partial charge in [0.15, 0.2) is 0 Å². The van der Waals surface area contributed by atoms with Crippen LogP contribution in [0.3, 0.4) is 0 Å². The molecule has 5 nitrogen and oxygen atoms in total. The van der Waals surface area contributed by atoms with Gasteiger partial charge in [-0.1, -0.05) is 24.3 Å². The van der Waals surface area contributed by atoms with E-state index in [2.05, 4.69) is 58.1 Å². The number of hydrogen-bond donors (Lipinski definition) is 2. The first-order valence-electron chi connectivity index (χ1n) is 10.9. The molecular weight excluding hydrogens is 398 g/mol. The molecule has 1 aromatic heterocycles. The zero-order chi connectivity index (χ0) is 22.2. The van der Waals surface area contributed by atoms with Crippen LogP contribution in [0.25, 0.3) is 10.9 Å². The molecule has 32 heavy (non-hydrogen) atoms. The summed E-state index contributed by atoms with van der Waals surface area (Å²) in [4.78, 5) is 4.57. The molecule has 0 aliphatic heterocycles. The van der Waals surface area contributed by atoms with Crippen LogP contribution in [0.5, 0.6) is 11.5 Å². The Hall–Kier alpha value is -3.73. The quantitative estimate of drug-likeness (QED) is 0.347. The van der Waals surface area contributed by atoms with E-state index in [-0.39, 0.29) is 0 Å². The molecule has 0 amide bonds. The van der Waals surface area contributed by atoms with Crippen molar-refractivity contribution in [3.05, 3.63) is 90.1 Å². The third-order valence-electron chi connectivity index (χ3n) is 5.53.